The predicted octanol–water partition coefficient (Wildman–Crippen LogP) is 3.84. The Hall–Kier alpha value is -3.59. The van der Waals surface area contributed by atoms with E-state index in [-0.39, 0.29) is 17.9 Å². The number of aromatic nitrogens is 4. The van der Waals surface area contributed by atoms with Gasteiger partial charge < -0.3 is 9.47 Å². The normalized spacial score (nSPS) is 16.2. The fourth-order valence-electron chi connectivity index (χ4n) is 4.89. The fourth-order valence-corrected chi connectivity index (χ4v) is 4.89. The lowest BCUT2D eigenvalue weighted by molar-refractivity contribution is -0.127. The summed E-state index contributed by atoms with van der Waals surface area (Å²) < 4.78 is 2.11. The number of amides is 2. The SMILES string of the molecule is C=C(CN(CC)CC)C(=O)N1CCCC[C@@H](n2c(NC(=O)c3ccnnc3)nc3cccc(C)c32)C1. The van der Waals surface area contributed by atoms with Crippen molar-refractivity contribution in [3.8, 4) is 0 Å². The molecule has 1 aromatic carbocycles. The highest BCUT2D eigenvalue weighted by Crippen LogP contribution is 2.32. The molecule has 0 saturated carbocycles. The van der Waals surface area contributed by atoms with Crippen molar-refractivity contribution in [2.45, 2.75) is 46.1 Å². The van der Waals surface area contributed by atoms with E-state index in [0.717, 1.165) is 48.9 Å². The largest absolute Gasteiger partial charge is 0.337 e. The highest BCUT2D eigenvalue weighted by molar-refractivity contribution is 6.04. The molecule has 0 spiro atoms. The van der Waals surface area contributed by atoms with Crippen LogP contribution in [0.2, 0.25) is 0 Å². The maximum atomic E-state index is 13.4. The van der Waals surface area contributed by atoms with Crippen LogP contribution in [0.15, 0.2) is 48.8 Å². The molecule has 1 aliphatic heterocycles. The van der Waals surface area contributed by atoms with Gasteiger partial charge in [-0.3, -0.25) is 19.8 Å². The number of likely N-dealkylation sites (tertiary alicyclic amines) is 1. The van der Waals surface area contributed by atoms with E-state index in [9.17, 15) is 9.59 Å². The molecule has 1 fully saturated rings. The van der Waals surface area contributed by atoms with Crippen molar-refractivity contribution in [1.29, 1.82) is 0 Å². The van der Waals surface area contributed by atoms with Crippen molar-refractivity contribution in [1.82, 2.24) is 29.5 Å². The lowest BCUT2D eigenvalue weighted by Gasteiger charge is -2.29. The second kappa shape index (κ2) is 11.4. The summed E-state index contributed by atoms with van der Waals surface area (Å²) in [7, 11) is 0. The molecule has 9 nitrogen and oxygen atoms in total. The summed E-state index contributed by atoms with van der Waals surface area (Å²) in [6.45, 7) is 13.9. The van der Waals surface area contributed by atoms with E-state index < -0.39 is 0 Å². The summed E-state index contributed by atoms with van der Waals surface area (Å²) >= 11 is 0. The van der Waals surface area contributed by atoms with Crippen LogP contribution in [0.4, 0.5) is 5.95 Å². The first-order valence-corrected chi connectivity index (χ1v) is 12.7. The molecule has 1 saturated heterocycles. The summed E-state index contributed by atoms with van der Waals surface area (Å²) in [5, 5.41) is 10.6. The van der Waals surface area contributed by atoms with Gasteiger partial charge in [-0.25, -0.2) is 4.98 Å². The number of nitrogens with zero attached hydrogens (tertiary/aromatic N) is 6. The number of rotatable bonds is 8. The smallest absolute Gasteiger partial charge is 0.259 e. The molecule has 2 aromatic heterocycles. The number of aryl methyl sites for hydroxylation is 1. The van der Waals surface area contributed by atoms with E-state index in [0.29, 0.717) is 36.7 Å². The lowest BCUT2D eigenvalue weighted by Crippen LogP contribution is -2.39. The Kier molecular flexibility index (Phi) is 8.10. The third kappa shape index (κ3) is 5.46. The van der Waals surface area contributed by atoms with Gasteiger partial charge in [0.2, 0.25) is 5.95 Å². The standard InChI is InChI=1S/C27H35N7O2/c1-5-32(6-2)17-20(4)26(36)33-15-8-7-11-22(18-33)34-24-19(3)10-9-12-23(24)30-27(34)31-25(35)21-13-14-28-29-16-21/h9-10,12-14,16,22H,4-8,11,15,17-18H2,1-3H3,(H,30,31,35)/t22-/m1/s1. The molecule has 36 heavy (non-hydrogen) atoms. The zero-order valence-corrected chi connectivity index (χ0v) is 21.4. The number of likely N-dealkylation sites (N-methyl/N-ethyl adjacent to an activating group) is 1. The molecular formula is C27H35N7O2. The molecular weight excluding hydrogens is 454 g/mol. The molecule has 2 amide bonds. The topological polar surface area (TPSA) is 96.2 Å². The monoisotopic (exact) mass is 489 g/mol. The van der Waals surface area contributed by atoms with Gasteiger partial charge in [-0.05, 0) is 57.0 Å². The Bertz CT molecular complexity index is 1230. The number of imidazole rings is 1. The van der Waals surface area contributed by atoms with Crippen LogP contribution in [0, 0.1) is 6.92 Å². The van der Waals surface area contributed by atoms with Gasteiger partial charge >= 0.3 is 0 Å². The average Bonchev–Trinajstić information content (AvgIpc) is 3.09. The molecule has 1 N–H and O–H groups in total. The molecule has 1 aliphatic rings. The zero-order valence-electron chi connectivity index (χ0n) is 21.4. The Labute approximate surface area is 212 Å². The molecule has 0 radical (unpaired) electrons. The molecule has 3 heterocycles. The van der Waals surface area contributed by atoms with Crippen LogP contribution in [0.3, 0.4) is 0 Å². The number of nitrogens with one attached hydrogen (secondary N) is 1. The molecule has 0 bridgehead atoms. The molecule has 3 aromatic rings. The summed E-state index contributed by atoms with van der Waals surface area (Å²) in [6, 6.07) is 7.55. The summed E-state index contributed by atoms with van der Waals surface area (Å²) in [4.78, 5) is 35.3. The van der Waals surface area contributed by atoms with Gasteiger partial charge in [-0.1, -0.05) is 32.6 Å². The quantitative estimate of drug-likeness (QED) is 0.483. The molecule has 190 valence electrons. The Morgan fingerprint density at radius 2 is 1.97 bits per heavy atom. The molecule has 1 atom stereocenters. The van der Waals surface area contributed by atoms with Gasteiger partial charge in [0.1, 0.15) is 0 Å². The second-order valence-corrected chi connectivity index (χ2v) is 9.30. The van der Waals surface area contributed by atoms with Crippen LogP contribution >= 0.6 is 0 Å². The lowest BCUT2D eigenvalue weighted by atomic mass is 10.1. The highest BCUT2D eigenvalue weighted by atomic mass is 16.2. The van der Waals surface area contributed by atoms with E-state index in [1.165, 1.54) is 12.4 Å². The van der Waals surface area contributed by atoms with E-state index in [1.54, 1.807) is 6.07 Å². The summed E-state index contributed by atoms with van der Waals surface area (Å²) in [6.07, 6.45) is 5.70. The number of fused-ring (bicyclic) bond motifs is 1. The molecule has 0 aliphatic carbocycles. The number of para-hydroxylation sites is 1. The number of hydrogen-bond acceptors (Lipinski definition) is 6. The Morgan fingerprint density at radius 1 is 1.17 bits per heavy atom. The Morgan fingerprint density at radius 3 is 2.69 bits per heavy atom. The maximum Gasteiger partial charge on any atom is 0.259 e. The van der Waals surface area contributed by atoms with E-state index in [1.807, 2.05) is 30.0 Å². The predicted molar refractivity (Wildman–Crippen MR) is 141 cm³/mol. The van der Waals surface area contributed by atoms with E-state index >= 15 is 0 Å². The minimum Gasteiger partial charge on any atom is -0.337 e. The van der Waals surface area contributed by atoms with E-state index in [2.05, 4.69) is 45.4 Å². The van der Waals surface area contributed by atoms with Crippen molar-refractivity contribution < 1.29 is 9.59 Å². The zero-order chi connectivity index (χ0) is 25.7. The van der Waals surface area contributed by atoms with Crippen LogP contribution < -0.4 is 5.32 Å². The molecule has 0 unspecified atom stereocenters. The van der Waals surface area contributed by atoms with Crippen molar-refractivity contribution >= 4 is 28.8 Å². The summed E-state index contributed by atoms with van der Waals surface area (Å²) in [5.74, 6) is 0.180. The van der Waals surface area contributed by atoms with Crippen LogP contribution in [0.5, 0.6) is 0 Å². The van der Waals surface area contributed by atoms with Crippen molar-refractivity contribution in [3.63, 3.8) is 0 Å². The van der Waals surface area contributed by atoms with Crippen LogP contribution in [0.1, 0.15) is 55.1 Å². The van der Waals surface area contributed by atoms with E-state index in [4.69, 9.17) is 4.98 Å². The number of anilines is 1. The average molecular weight is 490 g/mol. The van der Waals surface area contributed by atoms with Crippen molar-refractivity contribution in [3.05, 3.63) is 59.9 Å². The number of carbonyl (C=O) groups is 2. The highest BCUT2D eigenvalue weighted by Gasteiger charge is 2.28. The first-order valence-electron chi connectivity index (χ1n) is 12.7. The van der Waals surface area contributed by atoms with Crippen LogP contribution in [-0.2, 0) is 4.79 Å². The molecule has 4 rings (SSSR count). The summed E-state index contributed by atoms with van der Waals surface area (Å²) in [5.41, 5.74) is 3.88. The number of carbonyl (C=O) groups excluding carboxylic acids is 2. The number of hydrogen-bond donors (Lipinski definition) is 1. The third-order valence-corrected chi connectivity index (χ3v) is 6.89. The molecule has 9 heteroatoms. The van der Waals surface area contributed by atoms with Gasteiger partial charge in [0.05, 0.1) is 35.0 Å². The van der Waals surface area contributed by atoms with Crippen LogP contribution in [-0.4, -0.2) is 74.1 Å². The fraction of sp³-hybridized carbons (Fsp3) is 0.444. The Balaban J connectivity index is 1.66. The van der Waals surface area contributed by atoms with Gasteiger partial charge in [0.15, 0.2) is 0 Å². The maximum absolute atomic E-state index is 13.4. The van der Waals surface area contributed by atoms with Gasteiger partial charge in [-0.15, -0.1) is 0 Å². The first-order chi connectivity index (χ1) is 17.4. The van der Waals surface area contributed by atoms with Crippen molar-refractivity contribution in [2.75, 3.05) is 38.0 Å². The minimum absolute atomic E-state index is 0.00314. The third-order valence-electron chi connectivity index (χ3n) is 6.89. The second-order valence-electron chi connectivity index (χ2n) is 9.30. The minimum atomic E-state index is -0.298. The first kappa shape index (κ1) is 25.5. The van der Waals surface area contributed by atoms with Gasteiger partial charge in [0, 0.05) is 25.2 Å². The number of benzene rings is 1. The van der Waals surface area contributed by atoms with Gasteiger partial charge in [-0.2, -0.15) is 10.2 Å². The van der Waals surface area contributed by atoms with Gasteiger partial charge in [0.25, 0.3) is 11.8 Å². The van der Waals surface area contributed by atoms with Crippen LogP contribution in [0.25, 0.3) is 11.0 Å². The van der Waals surface area contributed by atoms with Crippen molar-refractivity contribution in [2.24, 2.45) is 0 Å².